The second kappa shape index (κ2) is 12.4. The van der Waals surface area contributed by atoms with E-state index in [1.165, 1.54) is 0 Å². The van der Waals surface area contributed by atoms with Gasteiger partial charge >= 0.3 is 0 Å². The number of rotatable bonds is 12. The van der Waals surface area contributed by atoms with Gasteiger partial charge in [0.1, 0.15) is 0 Å². The minimum atomic E-state index is -1.18. The van der Waals surface area contributed by atoms with Gasteiger partial charge in [-0.2, -0.15) is 0 Å². The number of nitrogens with one attached hydrogen (secondary N) is 4. The molecule has 2 aliphatic rings. The van der Waals surface area contributed by atoms with E-state index >= 15 is 0 Å². The van der Waals surface area contributed by atoms with Crippen molar-refractivity contribution in [3.8, 4) is 0 Å². The van der Waals surface area contributed by atoms with Crippen LogP contribution in [-0.2, 0) is 38.4 Å². The Morgan fingerprint density at radius 2 is 1.07 bits per heavy atom. The lowest BCUT2D eigenvalue weighted by Crippen LogP contribution is -2.22. The number of hydrogen-bond acceptors (Lipinski definition) is 6. The first kappa shape index (κ1) is 30.8. The van der Waals surface area contributed by atoms with Gasteiger partial charge in [0.05, 0.1) is 11.4 Å². The third kappa shape index (κ3) is 6.23. The molecule has 43 heavy (non-hydrogen) atoms. The number of allylic oxidation sites excluding steroid dienone is 2. The molecule has 0 aliphatic carbocycles. The number of amides is 2. The van der Waals surface area contributed by atoms with E-state index < -0.39 is 11.9 Å². The summed E-state index contributed by atoms with van der Waals surface area (Å²) in [5.74, 6) is -2.79. The molecule has 0 spiro atoms. The number of carboxylic acid groups (broad SMARTS) is 2. The van der Waals surface area contributed by atoms with Gasteiger partial charge < -0.3 is 40.4 Å². The summed E-state index contributed by atoms with van der Waals surface area (Å²) in [5.41, 5.74) is 9.70. The smallest absolute Gasteiger partial charge is 0.251 e. The topological polar surface area (TPSA) is 170 Å². The molecule has 10 heteroatoms. The molecule has 0 fully saturated rings. The molecular formula is C33H34N4O6-2. The summed E-state index contributed by atoms with van der Waals surface area (Å²) in [6.07, 6.45) is 7.17. The maximum Gasteiger partial charge on any atom is 0.251 e. The molecule has 2 amide bonds. The second-order valence-corrected chi connectivity index (χ2v) is 10.7. The molecule has 10 nitrogen and oxygen atoms in total. The fraction of sp³-hybridized carbons (Fsp3) is 0.273. The largest absolute Gasteiger partial charge is 0.550 e. The molecule has 0 atom stereocenters. The first-order chi connectivity index (χ1) is 20.4. The number of carboxylic acids is 2. The van der Waals surface area contributed by atoms with E-state index in [1.54, 1.807) is 38.2 Å². The third-order valence-corrected chi connectivity index (χ3v) is 8.08. The van der Waals surface area contributed by atoms with Gasteiger partial charge in [0.2, 0.25) is 0 Å². The molecule has 0 saturated carbocycles. The van der Waals surface area contributed by atoms with Crippen molar-refractivity contribution in [3.05, 3.63) is 104 Å². The SMILES string of the molecule is C=CC1=C(C)C(=O)N/C1=C\c1[nH]c(Cc2[nH]c(/C=C3\NC(=O)C(C)=C3C=C)c(C)c2CCC(=O)[O-])c(CCC(=O)[O-])c1C. The van der Waals surface area contributed by atoms with Crippen LogP contribution in [0.5, 0.6) is 0 Å². The molecule has 0 radical (unpaired) electrons. The first-order valence-electron chi connectivity index (χ1n) is 13.9. The normalized spacial score (nSPS) is 16.8. The maximum absolute atomic E-state index is 12.3. The van der Waals surface area contributed by atoms with Crippen LogP contribution in [0.4, 0.5) is 0 Å². The Bertz CT molecular complexity index is 1580. The zero-order valence-electron chi connectivity index (χ0n) is 24.7. The molecule has 2 aromatic heterocycles. The summed E-state index contributed by atoms with van der Waals surface area (Å²) in [5, 5.41) is 28.5. The van der Waals surface area contributed by atoms with Crippen LogP contribution >= 0.6 is 0 Å². The van der Waals surface area contributed by atoms with Crippen LogP contribution in [0.3, 0.4) is 0 Å². The molecule has 4 N–H and O–H groups in total. The van der Waals surface area contributed by atoms with Crippen LogP contribution < -0.4 is 20.8 Å². The molecular weight excluding hydrogens is 548 g/mol. The third-order valence-electron chi connectivity index (χ3n) is 8.08. The lowest BCUT2D eigenvalue weighted by molar-refractivity contribution is -0.307. The van der Waals surface area contributed by atoms with E-state index in [0.29, 0.717) is 51.5 Å². The summed E-state index contributed by atoms with van der Waals surface area (Å²) in [6.45, 7) is 14.8. The van der Waals surface area contributed by atoms with E-state index in [0.717, 1.165) is 33.6 Å². The van der Waals surface area contributed by atoms with Crippen LogP contribution in [0.15, 0.2) is 59.0 Å². The van der Waals surface area contributed by atoms with Crippen molar-refractivity contribution >= 4 is 35.9 Å². The van der Waals surface area contributed by atoms with Crippen molar-refractivity contribution in [2.75, 3.05) is 0 Å². The molecule has 0 aromatic carbocycles. The number of aromatic amines is 2. The van der Waals surface area contributed by atoms with E-state index in [9.17, 15) is 29.4 Å². The molecule has 4 heterocycles. The van der Waals surface area contributed by atoms with Crippen LogP contribution in [0, 0.1) is 13.8 Å². The fourth-order valence-electron chi connectivity index (χ4n) is 5.60. The molecule has 224 valence electrons. The van der Waals surface area contributed by atoms with Gasteiger partial charge in [0.15, 0.2) is 0 Å². The van der Waals surface area contributed by atoms with Crippen LogP contribution in [0.2, 0.25) is 0 Å². The highest BCUT2D eigenvalue weighted by Crippen LogP contribution is 2.31. The van der Waals surface area contributed by atoms with Crippen LogP contribution in [0.25, 0.3) is 12.2 Å². The highest BCUT2D eigenvalue weighted by atomic mass is 16.4. The Morgan fingerprint density at radius 1 is 0.698 bits per heavy atom. The predicted octanol–water partition coefficient (Wildman–Crippen LogP) is 1.86. The highest BCUT2D eigenvalue weighted by molar-refractivity contribution is 6.02. The molecule has 0 bridgehead atoms. The lowest BCUT2D eigenvalue weighted by Gasteiger charge is -2.09. The number of H-pyrrole nitrogens is 2. The quantitative estimate of drug-likeness (QED) is 0.298. The van der Waals surface area contributed by atoms with Crippen molar-refractivity contribution in [2.24, 2.45) is 0 Å². The summed E-state index contributed by atoms with van der Waals surface area (Å²) >= 11 is 0. The highest BCUT2D eigenvalue weighted by Gasteiger charge is 2.25. The van der Waals surface area contributed by atoms with Crippen molar-refractivity contribution < 1.29 is 29.4 Å². The van der Waals surface area contributed by atoms with Crippen molar-refractivity contribution in [1.29, 1.82) is 0 Å². The number of carbonyl (C=O) groups excluding carboxylic acids is 4. The summed E-state index contributed by atoms with van der Waals surface area (Å²) < 4.78 is 0. The van der Waals surface area contributed by atoms with Crippen molar-refractivity contribution in [2.45, 2.75) is 59.8 Å². The lowest BCUT2D eigenvalue weighted by atomic mass is 9.98. The minimum absolute atomic E-state index is 0.191. The molecule has 4 rings (SSSR count). The van der Waals surface area contributed by atoms with Gasteiger partial charge in [-0.1, -0.05) is 25.3 Å². The summed E-state index contributed by atoms with van der Waals surface area (Å²) in [6, 6.07) is 0. The average Bonchev–Trinajstić information content (AvgIpc) is 3.59. The zero-order chi connectivity index (χ0) is 31.6. The Hall–Kier alpha value is -5.12. The number of aliphatic carboxylic acids is 2. The fourth-order valence-corrected chi connectivity index (χ4v) is 5.60. The molecule has 2 aliphatic heterocycles. The van der Waals surface area contributed by atoms with E-state index in [-0.39, 0.29) is 37.5 Å². The Labute approximate surface area is 249 Å². The number of aromatic nitrogens is 2. The van der Waals surface area contributed by atoms with Crippen LogP contribution in [0.1, 0.15) is 71.7 Å². The minimum Gasteiger partial charge on any atom is -0.550 e. The standard InChI is InChI=1S/C33H36N4O6/c1-7-20-18(5)32(42)36-26(20)13-24-16(3)22(9-11-30(38)39)28(34-24)15-29-23(10-12-31(40)41)17(4)25(35-29)14-27-21(8-2)19(6)33(43)37-27/h7-8,13-14,34-35H,1-2,9-12,15H2,3-6H3,(H,36,42)(H,37,43)(H,38,39)(H,40,41)/p-2/b26-13-,27-14-. The van der Waals surface area contributed by atoms with Crippen molar-refractivity contribution in [1.82, 2.24) is 20.6 Å². The van der Waals surface area contributed by atoms with Gasteiger partial charge in [-0.3, -0.25) is 9.59 Å². The maximum atomic E-state index is 12.3. The van der Waals surface area contributed by atoms with E-state index in [4.69, 9.17) is 0 Å². The zero-order valence-corrected chi connectivity index (χ0v) is 24.7. The number of carbonyl (C=O) groups is 4. The van der Waals surface area contributed by atoms with E-state index in [2.05, 4.69) is 33.8 Å². The Kier molecular flexibility index (Phi) is 8.89. The molecule has 0 saturated heterocycles. The van der Waals surface area contributed by atoms with Gasteiger partial charge in [0.25, 0.3) is 11.8 Å². The monoisotopic (exact) mass is 582 g/mol. The number of hydrogen-bond donors (Lipinski definition) is 4. The Balaban J connectivity index is 1.81. The first-order valence-corrected chi connectivity index (χ1v) is 13.9. The van der Waals surface area contributed by atoms with Gasteiger partial charge in [-0.05, 0) is 87.8 Å². The van der Waals surface area contributed by atoms with Gasteiger partial charge in [-0.25, -0.2) is 0 Å². The van der Waals surface area contributed by atoms with Gasteiger partial charge in [0, 0.05) is 63.4 Å². The van der Waals surface area contributed by atoms with E-state index in [1.807, 2.05) is 13.8 Å². The predicted molar refractivity (Wildman–Crippen MR) is 159 cm³/mol. The summed E-state index contributed by atoms with van der Waals surface area (Å²) in [7, 11) is 0. The van der Waals surface area contributed by atoms with Crippen molar-refractivity contribution in [3.63, 3.8) is 0 Å². The van der Waals surface area contributed by atoms with Crippen LogP contribution in [-0.4, -0.2) is 33.7 Å². The van der Waals surface area contributed by atoms with Gasteiger partial charge in [-0.15, -0.1) is 0 Å². The Morgan fingerprint density at radius 3 is 1.40 bits per heavy atom. The summed E-state index contributed by atoms with van der Waals surface area (Å²) in [4.78, 5) is 54.1. The molecule has 0 unspecified atom stereocenters. The average molecular weight is 583 g/mol. The molecule has 2 aromatic rings. The second-order valence-electron chi connectivity index (χ2n) is 10.7.